The maximum absolute atomic E-state index is 12.7. The second kappa shape index (κ2) is 10.2. The number of carbonyl (C=O) groups is 1. The van der Waals surface area contributed by atoms with Crippen molar-refractivity contribution in [2.75, 3.05) is 4.72 Å². The number of amides is 1. The van der Waals surface area contributed by atoms with Crippen molar-refractivity contribution in [3.8, 4) is 5.75 Å². The Labute approximate surface area is 184 Å². The third-order valence-corrected chi connectivity index (χ3v) is 5.98. The third-order valence-electron chi connectivity index (χ3n) is 4.58. The van der Waals surface area contributed by atoms with Gasteiger partial charge in [-0.05, 0) is 48.9 Å². The molecule has 168 valence electrons. The zero-order valence-electron chi connectivity index (χ0n) is 17.0. The molecule has 0 bridgehead atoms. The van der Waals surface area contributed by atoms with Crippen LogP contribution in [-0.4, -0.2) is 25.9 Å². The molecule has 2 aromatic carbocycles. The highest BCUT2D eigenvalue weighted by Crippen LogP contribution is 2.28. The van der Waals surface area contributed by atoms with Crippen LogP contribution in [0.4, 0.5) is 14.5 Å². The van der Waals surface area contributed by atoms with Gasteiger partial charge in [-0.2, -0.15) is 8.78 Å². The number of ether oxygens (including phenoxy) is 1. The highest BCUT2D eigenvalue weighted by atomic mass is 32.2. The van der Waals surface area contributed by atoms with Crippen molar-refractivity contribution in [1.82, 2.24) is 10.3 Å². The summed E-state index contributed by atoms with van der Waals surface area (Å²) < 4.78 is 57.4. The lowest BCUT2D eigenvalue weighted by atomic mass is 10.0. The molecule has 1 aromatic heterocycles. The van der Waals surface area contributed by atoms with Gasteiger partial charge in [-0.15, -0.1) is 0 Å². The first-order chi connectivity index (χ1) is 15.3. The Hall–Kier alpha value is -3.53. The van der Waals surface area contributed by atoms with E-state index in [4.69, 9.17) is 0 Å². The first kappa shape index (κ1) is 23.1. The Morgan fingerprint density at radius 2 is 1.69 bits per heavy atom. The number of alkyl halides is 2. The Kier molecular flexibility index (Phi) is 7.37. The predicted octanol–water partition coefficient (Wildman–Crippen LogP) is 4.36. The van der Waals surface area contributed by atoms with Crippen LogP contribution < -0.4 is 14.8 Å². The van der Waals surface area contributed by atoms with Gasteiger partial charge in [0.25, 0.3) is 15.9 Å². The number of hydrogen-bond acceptors (Lipinski definition) is 5. The Bertz CT molecular complexity index is 1160. The molecule has 0 aliphatic heterocycles. The quantitative estimate of drug-likeness (QED) is 0.493. The van der Waals surface area contributed by atoms with Gasteiger partial charge < -0.3 is 10.1 Å². The van der Waals surface area contributed by atoms with Gasteiger partial charge in [-0.3, -0.25) is 14.5 Å². The number of carbonyl (C=O) groups excluding carboxylic acids is 1. The lowest BCUT2D eigenvalue weighted by molar-refractivity contribution is -0.0506. The van der Waals surface area contributed by atoms with Crippen LogP contribution in [0.15, 0.2) is 78.0 Å². The molecule has 1 heterocycles. The van der Waals surface area contributed by atoms with Crippen LogP contribution in [0, 0.1) is 0 Å². The molecule has 10 heteroatoms. The van der Waals surface area contributed by atoms with E-state index >= 15 is 0 Å². The van der Waals surface area contributed by atoms with Crippen molar-refractivity contribution in [3.63, 3.8) is 0 Å². The van der Waals surface area contributed by atoms with Gasteiger partial charge >= 0.3 is 6.61 Å². The molecule has 3 rings (SSSR count). The fourth-order valence-corrected chi connectivity index (χ4v) is 4.09. The van der Waals surface area contributed by atoms with E-state index in [1.54, 1.807) is 25.1 Å². The van der Waals surface area contributed by atoms with E-state index in [0.717, 1.165) is 0 Å². The van der Waals surface area contributed by atoms with Crippen LogP contribution in [0.2, 0.25) is 0 Å². The fourth-order valence-electron chi connectivity index (χ4n) is 3.03. The zero-order chi connectivity index (χ0) is 23.1. The van der Waals surface area contributed by atoms with Crippen molar-refractivity contribution < 1.29 is 26.7 Å². The van der Waals surface area contributed by atoms with E-state index in [1.165, 1.54) is 54.9 Å². The molecule has 0 aliphatic rings. The summed E-state index contributed by atoms with van der Waals surface area (Å²) in [4.78, 5) is 16.5. The number of benzene rings is 2. The van der Waals surface area contributed by atoms with Crippen LogP contribution >= 0.6 is 0 Å². The smallest absolute Gasteiger partial charge is 0.387 e. The van der Waals surface area contributed by atoms with Crippen LogP contribution in [0.1, 0.15) is 35.3 Å². The number of rotatable bonds is 9. The number of pyridine rings is 1. The van der Waals surface area contributed by atoms with Crippen molar-refractivity contribution in [1.29, 1.82) is 0 Å². The van der Waals surface area contributed by atoms with Crippen molar-refractivity contribution in [2.24, 2.45) is 0 Å². The fraction of sp³-hybridized carbons (Fsp3) is 0.182. The second-order valence-electron chi connectivity index (χ2n) is 6.72. The molecule has 0 radical (unpaired) electrons. The molecular formula is C22H21F2N3O4S. The number of para-hydroxylation sites is 1. The highest BCUT2D eigenvalue weighted by Gasteiger charge is 2.20. The van der Waals surface area contributed by atoms with Gasteiger partial charge in [0.1, 0.15) is 5.75 Å². The van der Waals surface area contributed by atoms with Crippen molar-refractivity contribution in [2.45, 2.75) is 30.9 Å². The summed E-state index contributed by atoms with van der Waals surface area (Å²) in [6.45, 7) is -1.19. The minimum absolute atomic E-state index is 0.0155. The number of aromatic nitrogens is 1. The largest absolute Gasteiger partial charge is 0.434 e. The average molecular weight is 461 g/mol. The van der Waals surface area contributed by atoms with E-state index in [9.17, 15) is 22.0 Å². The second-order valence-corrected chi connectivity index (χ2v) is 8.40. The number of hydrogen-bond donors (Lipinski definition) is 2. The molecule has 1 unspecified atom stereocenters. The van der Waals surface area contributed by atoms with Gasteiger partial charge in [-0.1, -0.05) is 25.1 Å². The summed E-state index contributed by atoms with van der Waals surface area (Å²) >= 11 is 0. The summed E-state index contributed by atoms with van der Waals surface area (Å²) in [5.74, 6) is -0.493. The molecule has 3 aromatic rings. The topological polar surface area (TPSA) is 97.4 Å². The van der Waals surface area contributed by atoms with Crippen molar-refractivity contribution in [3.05, 3.63) is 84.2 Å². The van der Waals surface area contributed by atoms with Crippen LogP contribution in [0.3, 0.4) is 0 Å². The SMILES string of the molecule is CCC(NC(=O)c1ccc(S(=O)(=O)Nc2ccncc2)cc1)c1ccccc1OC(F)F. The van der Waals surface area contributed by atoms with Crippen LogP contribution in [0.25, 0.3) is 0 Å². The number of halogens is 2. The molecule has 0 saturated heterocycles. The standard InChI is InChI=1S/C22H21F2N3O4S/c1-2-19(18-5-3-4-6-20(18)31-22(23)24)26-21(28)15-7-9-17(10-8-15)32(29,30)27-16-11-13-25-14-12-16/h3-14,19,22H,2H2,1H3,(H,25,27)(H,26,28). The van der Waals surface area contributed by atoms with E-state index < -0.39 is 28.6 Å². The molecule has 0 aliphatic carbocycles. The first-order valence-electron chi connectivity index (χ1n) is 9.67. The number of nitrogens with one attached hydrogen (secondary N) is 2. The van der Waals surface area contributed by atoms with Gasteiger partial charge in [0.15, 0.2) is 0 Å². The molecule has 32 heavy (non-hydrogen) atoms. The summed E-state index contributed by atoms with van der Waals surface area (Å²) in [5.41, 5.74) is 1.00. The van der Waals surface area contributed by atoms with Gasteiger partial charge in [0, 0.05) is 23.5 Å². The monoisotopic (exact) mass is 461 g/mol. The van der Waals surface area contributed by atoms with E-state index in [0.29, 0.717) is 17.7 Å². The Morgan fingerprint density at radius 1 is 1.03 bits per heavy atom. The van der Waals surface area contributed by atoms with Crippen LogP contribution in [-0.2, 0) is 10.0 Å². The van der Waals surface area contributed by atoms with Crippen molar-refractivity contribution >= 4 is 21.6 Å². The summed E-state index contributed by atoms with van der Waals surface area (Å²) in [6, 6.07) is 14.1. The normalized spacial score (nSPS) is 12.2. The minimum atomic E-state index is -3.84. The molecule has 0 saturated carbocycles. The number of anilines is 1. The van der Waals surface area contributed by atoms with E-state index in [-0.39, 0.29) is 16.2 Å². The van der Waals surface area contributed by atoms with E-state index in [1.807, 2.05) is 0 Å². The summed E-state index contributed by atoms with van der Waals surface area (Å²) in [7, 11) is -3.84. The maximum Gasteiger partial charge on any atom is 0.387 e. The molecule has 2 N–H and O–H groups in total. The number of sulfonamides is 1. The molecule has 1 amide bonds. The maximum atomic E-state index is 12.7. The molecular weight excluding hydrogens is 440 g/mol. The average Bonchev–Trinajstić information content (AvgIpc) is 2.78. The summed E-state index contributed by atoms with van der Waals surface area (Å²) in [6.07, 6.45) is 3.34. The molecule has 0 fully saturated rings. The first-order valence-corrected chi connectivity index (χ1v) is 11.2. The van der Waals surface area contributed by atoms with Gasteiger partial charge in [0.05, 0.1) is 16.6 Å². The Balaban J connectivity index is 1.74. The minimum Gasteiger partial charge on any atom is -0.434 e. The molecule has 0 spiro atoms. The summed E-state index contributed by atoms with van der Waals surface area (Å²) in [5, 5.41) is 2.78. The molecule has 1 atom stereocenters. The number of nitrogens with zero attached hydrogens (tertiary/aromatic N) is 1. The third kappa shape index (κ3) is 5.79. The van der Waals surface area contributed by atoms with Crippen LogP contribution in [0.5, 0.6) is 5.75 Å². The molecule has 7 nitrogen and oxygen atoms in total. The predicted molar refractivity (Wildman–Crippen MR) is 115 cm³/mol. The zero-order valence-corrected chi connectivity index (χ0v) is 17.9. The lowest BCUT2D eigenvalue weighted by Crippen LogP contribution is -2.28. The van der Waals surface area contributed by atoms with E-state index in [2.05, 4.69) is 19.8 Å². The Morgan fingerprint density at radius 3 is 2.31 bits per heavy atom. The van der Waals surface area contributed by atoms with Gasteiger partial charge in [0.2, 0.25) is 0 Å². The lowest BCUT2D eigenvalue weighted by Gasteiger charge is -2.20. The van der Waals surface area contributed by atoms with Gasteiger partial charge in [-0.25, -0.2) is 8.42 Å². The highest BCUT2D eigenvalue weighted by molar-refractivity contribution is 7.92.